The number of piperidine rings is 1. The molecule has 2 aromatic heterocycles. The van der Waals surface area contributed by atoms with Gasteiger partial charge in [-0.15, -0.1) is 0 Å². The Kier molecular flexibility index (Phi) is 3.82. The van der Waals surface area contributed by atoms with Crippen molar-refractivity contribution in [1.82, 2.24) is 19.9 Å². The van der Waals surface area contributed by atoms with Gasteiger partial charge < -0.3 is 16.4 Å². The molecule has 0 radical (unpaired) electrons. The molecule has 0 atom stereocenters. The molecule has 1 saturated heterocycles. The van der Waals surface area contributed by atoms with Gasteiger partial charge in [0.2, 0.25) is 0 Å². The van der Waals surface area contributed by atoms with E-state index in [-0.39, 0.29) is 0 Å². The molecule has 6 heteroatoms. The molecule has 0 amide bonds. The smallest absolute Gasteiger partial charge is 0.151 e. The Morgan fingerprint density at radius 2 is 1.96 bits per heavy atom. The summed E-state index contributed by atoms with van der Waals surface area (Å²) in [5, 5.41) is 11.1. The number of hydrogen-bond donors (Lipinski definition) is 3. The highest BCUT2D eigenvalue weighted by atomic mass is 15.3. The van der Waals surface area contributed by atoms with Crippen LogP contribution < -0.4 is 16.4 Å². The van der Waals surface area contributed by atoms with E-state index < -0.39 is 0 Å². The molecule has 6 nitrogen and oxygen atoms in total. The fourth-order valence-corrected chi connectivity index (χ4v) is 3.54. The summed E-state index contributed by atoms with van der Waals surface area (Å²) in [6.07, 6.45) is 3.78. The maximum Gasteiger partial charge on any atom is 0.151 e. The fraction of sp³-hybridized carbons (Fsp3) is 0.333. The molecular formula is C18H22N6. The average Bonchev–Trinajstić information content (AvgIpc) is 3.04. The third-order valence-electron chi connectivity index (χ3n) is 4.85. The lowest BCUT2D eigenvalue weighted by Gasteiger charge is -2.22. The van der Waals surface area contributed by atoms with Crippen LogP contribution >= 0.6 is 0 Å². The first-order valence-electron chi connectivity index (χ1n) is 8.39. The summed E-state index contributed by atoms with van der Waals surface area (Å²) in [7, 11) is 1.92. The number of fused-ring (bicyclic) bond motifs is 1. The van der Waals surface area contributed by atoms with Crippen molar-refractivity contribution in [2.24, 2.45) is 0 Å². The second kappa shape index (κ2) is 6.13. The molecule has 3 heterocycles. The zero-order valence-electron chi connectivity index (χ0n) is 13.8. The van der Waals surface area contributed by atoms with Gasteiger partial charge in [-0.1, -0.05) is 12.1 Å². The summed E-state index contributed by atoms with van der Waals surface area (Å²) >= 11 is 0. The topological polar surface area (TPSA) is 80.3 Å². The van der Waals surface area contributed by atoms with Crippen LogP contribution in [0.25, 0.3) is 16.6 Å². The van der Waals surface area contributed by atoms with Crippen molar-refractivity contribution in [2.45, 2.75) is 18.8 Å². The Labute approximate surface area is 141 Å². The summed E-state index contributed by atoms with van der Waals surface area (Å²) in [4.78, 5) is 4.21. The minimum Gasteiger partial charge on any atom is -0.388 e. The van der Waals surface area contributed by atoms with Crippen molar-refractivity contribution in [2.75, 3.05) is 31.2 Å². The van der Waals surface area contributed by atoms with Crippen LogP contribution in [0.2, 0.25) is 0 Å². The van der Waals surface area contributed by atoms with Crippen molar-refractivity contribution in [1.29, 1.82) is 0 Å². The van der Waals surface area contributed by atoms with E-state index in [0.717, 1.165) is 48.3 Å². The van der Waals surface area contributed by atoms with Gasteiger partial charge in [0.1, 0.15) is 11.8 Å². The number of hydrogen-bond acceptors (Lipinski definition) is 5. The second-order valence-electron chi connectivity index (χ2n) is 6.24. The van der Waals surface area contributed by atoms with Gasteiger partial charge in [-0.25, -0.2) is 9.50 Å². The quantitative estimate of drug-likeness (QED) is 0.690. The Morgan fingerprint density at radius 3 is 2.67 bits per heavy atom. The van der Waals surface area contributed by atoms with E-state index in [1.165, 1.54) is 5.69 Å². The van der Waals surface area contributed by atoms with Crippen LogP contribution in [0.15, 0.2) is 36.7 Å². The maximum atomic E-state index is 6.20. The highest BCUT2D eigenvalue weighted by Crippen LogP contribution is 2.35. The zero-order chi connectivity index (χ0) is 16.5. The first-order chi connectivity index (χ1) is 11.8. The van der Waals surface area contributed by atoms with E-state index in [4.69, 9.17) is 5.73 Å². The largest absolute Gasteiger partial charge is 0.388 e. The van der Waals surface area contributed by atoms with Gasteiger partial charge in [-0.05, 0) is 49.7 Å². The van der Waals surface area contributed by atoms with E-state index >= 15 is 0 Å². The SMILES string of the molecule is CNc1ccc(-c2cc(C3CCNCC3)n3ncnc(N)c23)cc1. The minimum absolute atomic E-state index is 0.499. The Morgan fingerprint density at radius 1 is 1.21 bits per heavy atom. The molecule has 1 aliphatic heterocycles. The van der Waals surface area contributed by atoms with Gasteiger partial charge in [-0.2, -0.15) is 5.10 Å². The minimum atomic E-state index is 0.499. The van der Waals surface area contributed by atoms with Crippen molar-refractivity contribution in [3.63, 3.8) is 0 Å². The molecule has 0 bridgehead atoms. The monoisotopic (exact) mass is 322 g/mol. The van der Waals surface area contributed by atoms with E-state index in [1.54, 1.807) is 6.33 Å². The number of anilines is 2. The fourth-order valence-electron chi connectivity index (χ4n) is 3.54. The van der Waals surface area contributed by atoms with E-state index in [2.05, 4.69) is 51.0 Å². The molecule has 0 unspecified atom stereocenters. The predicted molar refractivity (Wildman–Crippen MR) is 97.2 cm³/mol. The number of aromatic nitrogens is 3. The van der Waals surface area contributed by atoms with Gasteiger partial charge in [0, 0.05) is 29.9 Å². The first-order valence-corrected chi connectivity index (χ1v) is 8.39. The number of benzene rings is 1. The Balaban J connectivity index is 1.87. The van der Waals surface area contributed by atoms with E-state index in [1.807, 2.05) is 11.6 Å². The molecule has 24 heavy (non-hydrogen) atoms. The van der Waals surface area contributed by atoms with Crippen LogP contribution in [0, 0.1) is 0 Å². The van der Waals surface area contributed by atoms with E-state index in [0.29, 0.717) is 11.7 Å². The standard InChI is InChI=1S/C18H22N6/c1-20-14-4-2-12(3-5-14)15-10-16(13-6-8-21-9-7-13)24-17(15)18(19)22-11-23-24/h2-5,10-11,13,20-21H,6-9H2,1H3,(H2,19,22,23). The molecule has 0 saturated carbocycles. The summed E-state index contributed by atoms with van der Waals surface area (Å²) in [5.74, 6) is 1.02. The van der Waals surface area contributed by atoms with Crippen molar-refractivity contribution in [3.05, 3.63) is 42.4 Å². The molecule has 3 aromatic rings. The molecular weight excluding hydrogens is 300 g/mol. The molecule has 1 aliphatic rings. The average molecular weight is 322 g/mol. The molecule has 1 fully saturated rings. The second-order valence-corrected chi connectivity index (χ2v) is 6.24. The number of nitrogens with two attached hydrogens (primary N) is 1. The van der Waals surface area contributed by atoms with Crippen molar-refractivity contribution in [3.8, 4) is 11.1 Å². The lowest BCUT2D eigenvalue weighted by molar-refractivity contribution is 0.448. The van der Waals surface area contributed by atoms with Crippen LogP contribution in [-0.2, 0) is 0 Å². The number of nitrogen functional groups attached to an aromatic ring is 1. The van der Waals surface area contributed by atoms with Gasteiger partial charge in [0.15, 0.2) is 5.82 Å². The molecule has 124 valence electrons. The number of rotatable bonds is 3. The van der Waals surface area contributed by atoms with Crippen LogP contribution in [0.1, 0.15) is 24.5 Å². The van der Waals surface area contributed by atoms with Crippen LogP contribution in [0.5, 0.6) is 0 Å². The predicted octanol–water partition coefficient (Wildman–Crippen LogP) is 2.49. The number of nitrogens with one attached hydrogen (secondary N) is 2. The zero-order valence-corrected chi connectivity index (χ0v) is 13.8. The van der Waals surface area contributed by atoms with Gasteiger partial charge in [0.25, 0.3) is 0 Å². The summed E-state index contributed by atoms with van der Waals surface area (Å²) in [5.41, 5.74) is 11.7. The molecule has 4 N–H and O–H groups in total. The normalized spacial score (nSPS) is 15.7. The lowest BCUT2D eigenvalue weighted by Crippen LogP contribution is -2.27. The summed E-state index contributed by atoms with van der Waals surface area (Å²) < 4.78 is 1.99. The molecule has 1 aromatic carbocycles. The first kappa shape index (κ1) is 15.0. The van der Waals surface area contributed by atoms with Crippen LogP contribution in [-0.4, -0.2) is 34.7 Å². The highest BCUT2D eigenvalue weighted by molar-refractivity contribution is 5.88. The lowest BCUT2D eigenvalue weighted by atomic mass is 9.94. The number of nitrogens with zero attached hydrogens (tertiary/aromatic N) is 3. The van der Waals surface area contributed by atoms with Gasteiger partial charge in [0.05, 0.1) is 0 Å². The van der Waals surface area contributed by atoms with Gasteiger partial charge >= 0.3 is 0 Å². The maximum absolute atomic E-state index is 6.20. The summed E-state index contributed by atoms with van der Waals surface area (Å²) in [6, 6.07) is 10.6. The van der Waals surface area contributed by atoms with Gasteiger partial charge in [-0.3, -0.25) is 0 Å². The van der Waals surface area contributed by atoms with Crippen molar-refractivity contribution < 1.29 is 0 Å². The Bertz CT molecular complexity index is 846. The third-order valence-corrected chi connectivity index (χ3v) is 4.85. The summed E-state index contributed by atoms with van der Waals surface area (Å²) in [6.45, 7) is 2.09. The molecule has 4 rings (SSSR count). The van der Waals surface area contributed by atoms with Crippen molar-refractivity contribution >= 4 is 17.0 Å². The molecule has 0 spiro atoms. The highest BCUT2D eigenvalue weighted by Gasteiger charge is 2.23. The third kappa shape index (κ3) is 2.49. The van der Waals surface area contributed by atoms with E-state index in [9.17, 15) is 0 Å². The van der Waals surface area contributed by atoms with Crippen LogP contribution in [0.3, 0.4) is 0 Å². The Hall–Kier alpha value is -2.60. The molecule has 0 aliphatic carbocycles. The van der Waals surface area contributed by atoms with Crippen LogP contribution in [0.4, 0.5) is 11.5 Å².